The Morgan fingerprint density at radius 3 is 3.00 bits per heavy atom. The Bertz CT molecular complexity index is 151. The predicted octanol–water partition coefficient (Wildman–Crippen LogP) is 0.774. The van der Waals surface area contributed by atoms with E-state index in [1.165, 1.54) is 0 Å². The van der Waals surface area contributed by atoms with Gasteiger partial charge in [0.1, 0.15) is 0 Å². The molecule has 0 aromatic carbocycles. The van der Waals surface area contributed by atoms with Crippen molar-refractivity contribution in [2.24, 2.45) is 0 Å². The lowest BCUT2D eigenvalue weighted by Gasteiger charge is -2.27. The fourth-order valence-electron chi connectivity index (χ4n) is 1.33. The van der Waals surface area contributed by atoms with Crippen LogP contribution in [0.25, 0.3) is 0 Å². The molecule has 1 saturated heterocycles. The summed E-state index contributed by atoms with van der Waals surface area (Å²) in [7, 11) is 0. The van der Waals surface area contributed by atoms with Crippen molar-refractivity contribution in [3.8, 4) is 0 Å². The van der Waals surface area contributed by atoms with E-state index >= 15 is 0 Å². The number of hydrogen-bond donors (Lipinski definition) is 1. The van der Waals surface area contributed by atoms with Crippen molar-refractivity contribution in [1.29, 1.82) is 0 Å². The maximum atomic E-state index is 10.3. The third-order valence-electron chi connectivity index (χ3n) is 1.81. The van der Waals surface area contributed by atoms with Crippen LogP contribution in [-0.4, -0.2) is 41.0 Å². The summed E-state index contributed by atoms with van der Waals surface area (Å²) in [4.78, 5) is 12.2. The summed E-state index contributed by atoms with van der Waals surface area (Å²) >= 11 is 5.86. The Labute approximate surface area is 70.9 Å². The fourth-order valence-corrected chi connectivity index (χ4v) is 1.68. The van der Waals surface area contributed by atoms with Crippen molar-refractivity contribution in [2.45, 2.75) is 18.2 Å². The predicted molar refractivity (Wildman–Crippen MR) is 43.0 cm³/mol. The minimum Gasteiger partial charge on any atom is -0.480 e. The number of carbonyl (C=O) groups is 1. The highest BCUT2D eigenvalue weighted by molar-refractivity contribution is 6.20. The van der Waals surface area contributed by atoms with E-state index in [2.05, 4.69) is 0 Å². The van der Waals surface area contributed by atoms with Gasteiger partial charge >= 0.3 is 5.97 Å². The number of hydrogen-bond acceptors (Lipinski definition) is 2. The third kappa shape index (κ3) is 3.08. The van der Waals surface area contributed by atoms with Gasteiger partial charge < -0.3 is 5.11 Å². The molecule has 1 rings (SSSR count). The second-order valence-electron chi connectivity index (χ2n) is 2.87. The van der Waals surface area contributed by atoms with Crippen molar-refractivity contribution in [2.75, 3.05) is 19.6 Å². The highest BCUT2D eigenvalue weighted by atomic mass is 35.5. The Morgan fingerprint density at radius 2 is 2.45 bits per heavy atom. The molecule has 0 unspecified atom stereocenters. The van der Waals surface area contributed by atoms with Gasteiger partial charge in [-0.05, 0) is 19.4 Å². The number of aliphatic carboxylic acids is 1. The first-order valence-electron chi connectivity index (χ1n) is 3.76. The molecule has 4 heteroatoms. The molecular formula is C7H12ClNO2. The van der Waals surface area contributed by atoms with Gasteiger partial charge in [-0.1, -0.05) is 0 Å². The Morgan fingerprint density at radius 1 is 1.73 bits per heavy atom. The Kier molecular flexibility index (Phi) is 3.15. The maximum Gasteiger partial charge on any atom is 0.317 e. The molecular weight excluding hydrogens is 166 g/mol. The molecule has 0 aliphatic carbocycles. The Hall–Kier alpha value is -0.280. The lowest BCUT2D eigenvalue weighted by molar-refractivity contribution is -0.138. The second-order valence-corrected chi connectivity index (χ2v) is 3.49. The average Bonchev–Trinajstić information content (AvgIpc) is 1.85. The van der Waals surface area contributed by atoms with E-state index < -0.39 is 5.97 Å². The SMILES string of the molecule is O=C(O)CN1CCC[C@H](Cl)C1. The van der Waals surface area contributed by atoms with Gasteiger partial charge in [0.15, 0.2) is 0 Å². The minimum absolute atomic E-state index is 0.128. The molecule has 1 aliphatic heterocycles. The van der Waals surface area contributed by atoms with Gasteiger partial charge in [0.2, 0.25) is 0 Å². The number of likely N-dealkylation sites (tertiary alicyclic amines) is 1. The molecule has 64 valence electrons. The first-order chi connectivity index (χ1) is 5.18. The van der Waals surface area contributed by atoms with E-state index in [9.17, 15) is 4.79 Å². The van der Waals surface area contributed by atoms with Crippen LogP contribution in [0.5, 0.6) is 0 Å². The number of piperidine rings is 1. The van der Waals surface area contributed by atoms with Crippen molar-refractivity contribution in [1.82, 2.24) is 4.90 Å². The van der Waals surface area contributed by atoms with Crippen LogP contribution in [0.1, 0.15) is 12.8 Å². The minimum atomic E-state index is -0.768. The standard InChI is InChI=1S/C7H12ClNO2/c8-6-2-1-3-9(4-6)5-7(10)11/h6H,1-5H2,(H,10,11)/t6-/m0/s1. The van der Waals surface area contributed by atoms with Crippen LogP contribution < -0.4 is 0 Å². The zero-order valence-corrected chi connectivity index (χ0v) is 7.05. The summed E-state index contributed by atoms with van der Waals surface area (Å²) in [5, 5.41) is 8.61. The number of carboxylic acid groups (broad SMARTS) is 1. The van der Waals surface area contributed by atoms with Crippen molar-refractivity contribution in [3.05, 3.63) is 0 Å². The molecule has 1 atom stereocenters. The molecule has 0 aromatic rings. The molecule has 1 fully saturated rings. The normalized spacial score (nSPS) is 26.8. The van der Waals surface area contributed by atoms with E-state index in [1.807, 2.05) is 4.90 Å². The average molecular weight is 178 g/mol. The second kappa shape index (κ2) is 3.93. The summed E-state index contributed by atoms with van der Waals surface area (Å²) in [5.74, 6) is -0.768. The summed E-state index contributed by atoms with van der Waals surface area (Å²) in [6.45, 7) is 1.71. The molecule has 0 radical (unpaired) electrons. The van der Waals surface area contributed by atoms with Crippen LogP contribution in [0.2, 0.25) is 0 Å². The molecule has 0 aromatic heterocycles. The molecule has 1 aliphatic rings. The molecule has 1 heterocycles. The summed E-state index contributed by atoms with van der Waals surface area (Å²) in [6.07, 6.45) is 2.03. The number of alkyl halides is 1. The smallest absolute Gasteiger partial charge is 0.317 e. The highest BCUT2D eigenvalue weighted by Crippen LogP contribution is 2.14. The van der Waals surface area contributed by atoms with E-state index in [1.54, 1.807) is 0 Å². The van der Waals surface area contributed by atoms with Crippen molar-refractivity contribution in [3.63, 3.8) is 0 Å². The van der Waals surface area contributed by atoms with Crippen LogP contribution in [0.15, 0.2) is 0 Å². The summed E-state index contributed by atoms with van der Waals surface area (Å²) < 4.78 is 0. The summed E-state index contributed by atoms with van der Waals surface area (Å²) in [6, 6.07) is 0. The number of nitrogens with zero attached hydrogens (tertiary/aromatic N) is 1. The zero-order valence-electron chi connectivity index (χ0n) is 6.29. The van der Waals surface area contributed by atoms with Gasteiger partial charge in [-0.25, -0.2) is 0 Å². The highest BCUT2D eigenvalue weighted by Gasteiger charge is 2.18. The van der Waals surface area contributed by atoms with E-state index in [-0.39, 0.29) is 11.9 Å². The lowest BCUT2D eigenvalue weighted by atomic mass is 10.1. The molecule has 3 nitrogen and oxygen atoms in total. The topological polar surface area (TPSA) is 40.5 Å². The van der Waals surface area contributed by atoms with Crippen LogP contribution in [0.3, 0.4) is 0 Å². The van der Waals surface area contributed by atoms with Gasteiger partial charge in [0.25, 0.3) is 0 Å². The van der Waals surface area contributed by atoms with E-state index in [0.717, 1.165) is 19.4 Å². The molecule has 0 bridgehead atoms. The zero-order chi connectivity index (χ0) is 8.27. The largest absolute Gasteiger partial charge is 0.480 e. The molecule has 11 heavy (non-hydrogen) atoms. The van der Waals surface area contributed by atoms with Gasteiger partial charge in [0.05, 0.1) is 6.54 Å². The van der Waals surface area contributed by atoms with Gasteiger partial charge in [0, 0.05) is 11.9 Å². The number of rotatable bonds is 2. The third-order valence-corrected chi connectivity index (χ3v) is 2.16. The van der Waals surface area contributed by atoms with Crippen LogP contribution in [0, 0.1) is 0 Å². The van der Waals surface area contributed by atoms with Crippen molar-refractivity contribution < 1.29 is 9.90 Å². The van der Waals surface area contributed by atoms with E-state index in [4.69, 9.17) is 16.7 Å². The first-order valence-corrected chi connectivity index (χ1v) is 4.20. The van der Waals surface area contributed by atoms with Crippen LogP contribution >= 0.6 is 11.6 Å². The number of halogens is 1. The van der Waals surface area contributed by atoms with Crippen molar-refractivity contribution >= 4 is 17.6 Å². The monoisotopic (exact) mass is 177 g/mol. The van der Waals surface area contributed by atoms with E-state index in [0.29, 0.717) is 6.54 Å². The first kappa shape index (κ1) is 8.81. The molecule has 0 spiro atoms. The maximum absolute atomic E-state index is 10.3. The molecule has 1 N–H and O–H groups in total. The van der Waals surface area contributed by atoms with Gasteiger partial charge in [-0.3, -0.25) is 9.69 Å². The Balaban J connectivity index is 2.28. The van der Waals surface area contributed by atoms with Gasteiger partial charge in [-0.15, -0.1) is 11.6 Å². The quantitative estimate of drug-likeness (QED) is 0.634. The van der Waals surface area contributed by atoms with Crippen LogP contribution in [0.4, 0.5) is 0 Å². The lowest BCUT2D eigenvalue weighted by Crippen LogP contribution is -2.39. The number of carboxylic acids is 1. The molecule has 0 saturated carbocycles. The van der Waals surface area contributed by atoms with Crippen LogP contribution in [-0.2, 0) is 4.79 Å². The van der Waals surface area contributed by atoms with Gasteiger partial charge in [-0.2, -0.15) is 0 Å². The fraction of sp³-hybridized carbons (Fsp3) is 0.857. The molecule has 0 amide bonds. The summed E-state index contributed by atoms with van der Waals surface area (Å²) in [5.41, 5.74) is 0.